The van der Waals surface area contributed by atoms with Crippen molar-refractivity contribution in [3.05, 3.63) is 224 Å². The van der Waals surface area contributed by atoms with Gasteiger partial charge in [0.25, 0.3) is 0 Å². The molecule has 0 aliphatic heterocycles. The minimum absolute atomic E-state index is 0.903. The minimum Gasteiger partial charge on any atom is -0.455 e. The summed E-state index contributed by atoms with van der Waals surface area (Å²) in [7, 11) is 2.86. The van der Waals surface area contributed by atoms with Gasteiger partial charge in [-0.05, 0) is 117 Å². The summed E-state index contributed by atoms with van der Waals surface area (Å²) < 4.78 is 8.83. The van der Waals surface area contributed by atoms with Crippen LogP contribution in [0, 0.1) is 0 Å². The number of aromatic nitrogens is 1. The van der Waals surface area contributed by atoms with E-state index in [0.29, 0.717) is 0 Å². The molecule has 12 aromatic rings. The number of hydrogen-bond acceptors (Lipinski definition) is 2. The number of para-hydroxylation sites is 3. The lowest BCUT2D eigenvalue weighted by Gasteiger charge is -2.26. The van der Waals surface area contributed by atoms with Crippen molar-refractivity contribution in [3.63, 3.8) is 0 Å². The summed E-state index contributed by atoms with van der Waals surface area (Å²) in [5, 5.41) is 8.41. The molecular weight excluding hydrogens is 772 g/mol. The molecule has 3 nitrogen and oxygen atoms in total. The summed E-state index contributed by atoms with van der Waals surface area (Å²) in [4.78, 5) is 2.36. The maximum atomic E-state index is 6.44. The van der Waals surface area contributed by atoms with Crippen molar-refractivity contribution >= 4 is 86.1 Å². The van der Waals surface area contributed by atoms with Crippen LogP contribution < -0.4 is 10.2 Å². The molecule has 0 amide bonds. The summed E-state index contributed by atoms with van der Waals surface area (Å²) in [5.74, 6) is 0. The van der Waals surface area contributed by atoms with E-state index in [4.69, 9.17) is 4.42 Å². The molecule has 0 N–H and O–H groups in total. The first-order valence-electron chi connectivity index (χ1n) is 21.0. The Bertz CT molecular complexity index is 3650. The van der Waals surface area contributed by atoms with Gasteiger partial charge in [0.2, 0.25) is 0 Å². The van der Waals surface area contributed by atoms with Crippen LogP contribution in [0.4, 0.5) is 17.1 Å². The summed E-state index contributed by atoms with van der Waals surface area (Å²) in [5.41, 5.74) is 15.4. The van der Waals surface area contributed by atoms with Crippen molar-refractivity contribution in [3.8, 4) is 39.1 Å². The summed E-state index contributed by atoms with van der Waals surface area (Å²) >= 11 is 0. The lowest BCUT2D eigenvalue weighted by atomic mass is 9.99. The second-order valence-electron chi connectivity index (χ2n) is 16.0. The lowest BCUT2D eigenvalue weighted by molar-refractivity contribution is 0.670. The van der Waals surface area contributed by atoms with Crippen LogP contribution in [0.3, 0.4) is 0 Å². The van der Waals surface area contributed by atoms with Crippen LogP contribution in [-0.4, -0.2) is 4.57 Å². The van der Waals surface area contributed by atoms with Gasteiger partial charge in [-0.2, -0.15) is 0 Å². The Morgan fingerprint density at radius 2 is 1.00 bits per heavy atom. The Morgan fingerprint density at radius 3 is 1.84 bits per heavy atom. The van der Waals surface area contributed by atoms with Gasteiger partial charge in [-0.25, -0.2) is 0 Å². The molecule has 0 aliphatic carbocycles. The number of anilines is 3. The zero-order chi connectivity index (χ0) is 41.1. The van der Waals surface area contributed by atoms with Crippen molar-refractivity contribution in [2.24, 2.45) is 0 Å². The average Bonchev–Trinajstić information content (AvgIpc) is 3.88. The van der Waals surface area contributed by atoms with E-state index < -0.39 is 0 Å². The van der Waals surface area contributed by atoms with Crippen LogP contribution in [0.15, 0.2) is 229 Å². The molecule has 0 saturated heterocycles. The van der Waals surface area contributed by atoms with Gasteiger partial charge in [-0.15, -0.1) is 9.24 Å². The quantitative estimate of drug-likeness (QED) is 0.150. The molecule has 12 rings (SSSR count). The van der Waals surface area contributed by atoms with Gasteiger partial charge in [0, 0.05) is 49.9 Å². The van der Waals surface area contributed by atoms with Crippen LogP contribution in [-0.2, 0) is 0 Å². The van der Waals surface area contributed by atoms with E-state index in [1.54, 1.807) is 0 Å². The third kappa shape index (κ3) is 6.17. The summed E-state index contributed by atoms with van der Waals surface area (Å²) in [6.45, 7) is 0. The zero-order valence-corrected chi connectivity index (χ0v) is 34.9. The molecule has 4 heteroatoms. The molecule has 1 unspecified atom stereocenters. The maximum Gasteiger partial charge on any atom is 0.143 e. The Balaban J connectivity index is 0.947. The van der Waals surface area contributed by atoms with E-state index in [1.165, 1.54) is 49.0 Å². The molecule has 2 heterocycles. The first-order valence-corrected chi connectivity index (χ1v) is 21.6. The highest BCUT2D eigenvalue weighted by atomic mass is 31.0. The van der Waals surface area contributed by atoms with Gasteiger partial charge in [0.05, 0.1) is 11.0 Å². The summed E-state index contributed by atoms with van der Waals surface area (Å²) in [6, 6.07) is 80.9. The van der Waals surface area contributed by atoms with Gasteiger partial charge >= 0.3 is 0 Å². The second kappa shape index (κ2) is 14.8. The molecule has 62 heavy (non-hydrogen) atoms. The number of furan rings is 1. The van der Waals surface area contributed by atoms with E-state index in [1.807, 2.05) is 12.1 Å². The molecular formula is C58H39N2OP. The molecule has 0 bridgehead atoms. The van der Waals surface area contributed by atoms with Crippen LogP contribution in [0.1, 0.15) is 0 Å². The Morgan fingerprint density at radius 1 is 0.371 bits per heavy atom. The highest BCUT2D eigenvalue weighted by molar-refractivity contribution is 7.27. The third-order valence-corrected chi connectivity index (χ3v) is 12.6. The predicted molar refractivity (Wildman–Crippen MR) is 266 cm³/mol. The largest absolute Gasteiger partial charge is 0.455 e. The first-order chi connectivity index (χ1) is 30.6. The van der Waals surface area contributed by atoms with Gasteiger partial charge in [0.1, 0.15) is 11.2 Å². The Hall–Kier alpha value is -7.71. The molecule has 0 aliphatic rings. The van der Waals surface area contributed by atoms with Crippen molar-refractivity contribution in [1.82, 2.24) is 4.57 Å². The lowest BCUT2D eigenvalue weighted by Crippen LogP contribution is -2.10. The zero-order valence-electron chi connectivity index (χ0n) is 33.7. The van der Waals surface area contributed by atoms with E-state index in [0.717, 1.165) is 66.9 Å². The smallest absolute Gasteiger partial charge is 0.143 e. The maximum absolute atomic E-state index is 6.44. The van der Waals surface area contributed by atoms with Crippen LogP contribution in [0.2, 0.25) is 0 Å². The molecule has 292 valence electrons. The first kappa shape index (κ1) is 36.2. The number of nitrogens with zero attached hydrogens (tertiary/aromatic N) is 2. The molecule has 2 aromatic heterocycles. The second-order valence-corrected chi connectivity index (χ2v) is 16.7. The average molecular weight is 811 g/mol. The van der Waals surface area contributed by atoms with Crippen molar-refractivity contribution in [2.45, 2.75) is 0 Å². The SMILES string of the molecule is Pc1ccc2c3ccccc3n(-c3cccc(-c4ccc(N(c5ccc(-c6cccc7c6oc6ccccc67)cc5)c5cccc(-c6ccc7ccccc7c6)c5)cc4)c3)c2c1. The van der Waals surface area contributed by atoms with Crippen molar-refractivity contribution < 1.29 is 4.42 Å². The molecule has 0 radical (unpaired) electrons. The van der Waals surface area contributed by atoms with Crippen LogP contribution in [0.5, 0.6) is 0 Å². The molecule has 1 atom stereocenters. The topological polar surface area (TPSA) is 21.3 Å². The highest BCUT2D eigenvalue weighted by Crippen LogP contribution is 2.41. The normalized spacial score (nSPS) is 11.6. The van der Waals surface area contributed by atoms with Crippen LogP contribution >= 0.6 is 9.24 Å². The minimum atomic E-state index is 0.903. The van der Waals surface area contributed by atoms with E-state index in [-0.39, 0.29) is 0 Å². The summed E-state index contributed by atoms with van der Waals surface area (Å²) in [6.07, 6.45) is 0. The van der Waals surface area contributed by atoms with E-state index in [9.17, 15) is 0 Å². The van der Waals surface area contributed by atoms with Gasteiger partial charge in [-0.1, -0.05) is 152 Å². The fraction of sp³-hybridized carbons (Fsp3) is 0. The molecule has 0 fully saturated rings. The monoisotopic (exact) mass is 810 g/mol. The number of rotatable bonds is 7. The fourth-order valence-corrected chi connectivity index (χ4v) is 9.55. The third-order valence-electron chi connectivity index (χ3n) is 12.3. The van der Waals surface area contributed by atoms with Gasteiger partial charge in [0.15, 0.2) is 0 Å². The molecule has 0 saturated carbocycles. The standard InChI is InChI=1S/C58H39N2OP/c62-49-32-33-52-51-16-3-5-20-55(51)60(56(52)37-49)48-15-7-12-42(35-48)39-24-28-45(29-25-39)59(47-14-8-13-43(36-47)44-23-22-38-10-1-2-11-41(38)34-44)46-30-26-40(27-31-46)50-18-9-19-54-53-17-4-6-21-57(53)61-58(50)54/h1-37H,62H2. The highest BCUT2D eigenvalue weighted by Gasteiger charge is 2.18. The number of benzene rings is 10. The van der Waals surface area contributed by atoms with Crippen molar-refractivity contribution in [2.75, 3.05) is 4.90 Å². The Kier molecular flexibility index (Phi) is 8.62. The van der Waals surface area contributed by atoms with Gasteiger partial charge in [-0.3, -0.25) is 0 Å². The number of hydrogen-bond donors (Lipinski definition) is 0. The molecule has 10 aromatic carbocycles. The van der Waals surface area contributed by atoms with E-state index >= 15 is 0 Å². The van der Waals surface area contributed by atoms with Gasteiger partial charge < -0.3 is 13.9 Å². The van der Waals surface area contributed by atoms with Crippen molar-refractivity contribution in [1.29, 1.82) is 0 Å². The fourth-order valence-electron chi connectivity index (χ4n) is 9.30. The van der Waals surface area contributed by atoms with E-state index in [2.05, 4.69) is 231 Å². The number of fused-ring (bicyclic) bond motifs is 7. The predicted octanol–water partition coefficient (Wildman–Crippen LogP) is 15.8. The Labute approximate surface area is 361 Å². The van der Waals surface area contributed by atoms with Crippen LogP contribution in [0.25, 0.3) is 93.6 Å². The molecule has 0 spiro atoms.